The highest BCUT2D eigenvalue weighted by Gasteiger charge is 2.46. The van der Waals surface area contributed by atoms with E-state index in [0.29, 0.717) is 5.69 Å². The van der Waals surface area contributed by atoms with Crippen molar-refractivity contribution in [2.24, 2.45) is 0 Å². The first-order chi connectivity index (χ1) is 52.8. The second-order valence-electron chi connectivity index (χ2n) is 30.4. The number of fused-ring (bicyclic) bond motifs is 10. The van der Waals surface area contributed by atoms with Crippen molar-refractivity contribution in [1.82, 2.24) is 9.13 Å². The topological polar surface area (TPSA) is 19.6 Å². The lowest BCUT2D eigenvalue weighted by molar-refractivity contribution is 0.590. The Morgan fingerprint density at radius 3 is 1.26 bits per heavy atom. The number of nitrogens with zero attached hydrogens (tertiary/aromatic N) is 5. The van der Waals surface area contributed by atoms with Gasteiger partial charge in [0, 0.05) is 89.4 Å². The van der Waals surface area contributed by atoms with Crippen molar-refractivity contribution in [2.45, 2.75) is 78.6 Å². The summed E-state index contributed by atoms with van der Waals surface area (Å²) in [5.41, 5.74) is 23.9. The van der Waals surface area contributed by atoms with Gasteiger partial charge in [-0.25, -0.2) is 0 Å². The Labute approximate surface area is 610 Å². The summed E-state index contributed by atoms with van der Waals surface area (Å²) < 4.78 is 79.6. The van der Waals surface area contributed by atoms with Crippen LogP contribution < -0.4 is 31.1 Å². The largest absolute Gasteiger partial charge is 0.311 e. The lowest BCUT2D eigenvalue weighted by Gasteiger charge is -2.46. The highest BCUT2D eigenvalue weighted by Crippen LogP contribution is 2.54. The average molecular weight is 1320 g/mol. The molecule has 14 aromatic carbocycles. The molecule has 18 rings (SSSR count). The van der Waals surface area contributed by atoms with Crippen LogP contribution in [0.15, 0.2) is 321 Å². The Balaban J connectivity index is 0.995. The van der Waals surface area contributed by atoms with Crippen LogP contribution in [0.3, 0.4) is 0 Å². The van der Waals surface area contributed by atoms with E-state index < -0.39 is 36.3 Å². The third-order valence-electron chi connectivity index (χ3n) is 21.0. The van der Waals surface area contributed by atoms with Gasteiger partial charge in [0.1, 0.15) is 0 Å². The van der Waals surface area contributed by atoms with E-state index in [4.69, 9.17) is 2.74 Å². The molecular formula is C96H80BN5. The molecular weight excluding hydrogens is 1230 g/mol. The molecule has 0 aliphatic carbocycles. The van der Waals surface area contributed by atoms with Gasteiger partial charge >= 0.3 is 0 Å². The lowest BCUT2D eigenvalue weighted by Crippen LogP contribution is -2.61. The molecule has 0 amide bonds. The summed E-state index contributed by atoms with van der Waals surface area (Å²) in [5, 5.41) is 2.24. The number of anilines is 9. The van der Waals surface area contributed by atoms with Gasteiger partial charge in [0.05, 0.1) is 44.4 Å². The van der Waals surface area contributed by atoms with Gasteiger partial charge in [0.25, 0.3) is 6.71 Å². The normalized spacial score (nSPS) is 14.0. The number of aromatic nitrogens is 2. The smallest absolute Gasteiger partial charge is 0.252 e. The Morgan fingerprint density at radius 1 is 0.304 bits per heavy atom. The summed E-state index contributed by atoms with van der Waals surface area (Å²) in [4.78, 5) is 7.33. The minimum absolute atomic E-state index is 0.0143. The quantitative estimate of drug-likeness (QED) is 0.127. The number of para-hydroxylation sites is 5. The molecule has 0 fully saturated rings. The molecule has 0 radical (unpaired) electrons. The molecule has 2 aromatic heterocycles. The van der Waals surface area contributed by atoms with Gasteiger partial charge in [0.2, 0.25) is 0 Å². The Kier molecular flexibility index (Phi) is 12.7. The molecule has 4 heterocycles. The summed E-state index contributed by atoms with van der Waals surface area (Å²) in [5.74, 6) is 0. The monoisotopic (exact) mass is 1320 g/mol. The SMILES string of the molecule is [2H]c1c([2H])c([2H])c2c(c1[2H])c1c([2H])c([2H])c([2H])c([2H])c1n2-c1ccc2c(c1)N(c1c(-c3ccccc3)cc(C(C)(C)C)cc1-c1ccccc1)c1cc(C(C)(C)C)cc3c1B2c1ccc(-n2c4ccccc4c4cc(N(c5ccccc5)c5ccccc5)ccc42)cc1N3c1ccc(C(C)(C)C)cc1-c1ccccc1. The van der Waals surface area contributed by atoms with Crippen LogP contribution in [0.1, 0.15) is 90.0 Å². The Morgan fingerprint density at radius 2 is 0.735 bits per heavy atom. The number of benzene rings is 14. The molecule has 16 aromatic rings. The standard InChI is InChI=1S/C96H80BN5/c1-94(2,3)66-47-53-86(77(55-66)63-31-15-10-16-32-63)101-88-61-72(100-85-46-30-27-43-76(85)80-60-71(50-54-87(80)100)98(69-37-21-13-22-38-69)70-39-23-14-24-40-70)48-51-81(88)97-82-52-49-73(99-83-44-28-25-41-74(83)75-42-26-29-45-84(75)99)62-89(82)102(91-59-68(96(7,8)9)58-90(101)92(91)97)93-78(64-33-17-11-18-34-64)56-67(95(4,5)6)57-79(93)65-35-19-12-20-36-65/h10-62H,1-9H3/i25D,26D,28D,29D,41D,42D,44D,45D. The zero-order valence-corrected chi connectivity index (χ0v) is 58.8. The molecule has 5 nitrogen and oxygen atoms in total. The second-order valence-corrected chi connectivity index (χ2v) is 30.4. The van der Waals surface area contributed by atoms with Gasteiger partial charge < -0.3 is 23.8 Å². The molecule has 6 heteroatoms. The summed E-state index contributed by atoms with van der Waals surface area (Å²) in [7, 11) is 0. The van der Waals surface area contributed by atoms with E-state index in [1.807, 2.05) is 6.07 Å². The zero-order valence-electron chi connectivity index (χ0n) is 66.8. The van der Waals surface area contributed by atoms with Gasteiger partial charge in [0.15, 0.2) is 0 Å². The first kappa shape index (κ1) is 54.0. The highest BCUT2D eigenvalue weighted by molar-refractivity contribution is 7.00. The minimum Gasteiger partial charge on any atom is -0.311 e. The molecule has 0 saturated heterocycles. The zero-order chi connectivity index (χ0) is 76.3. The molecule has 0 atom stereocenters. The van der Waals surface area contributed by atoms with Crippen LogP contribution in [-0.4, -0.2) is 15.8 Å². The Bertz CT molecular complexity index is 6280. The minimum atomic E-state index is -0.497. The van der Waals surface area contributed by atoms with Crippen molar-refractivity contribution in [2.75, 3.05) is 14.7 Å². The molecule has 0 spiro atoms. The van der Waals surface area contributed by atoms with Gasteiger partial charge in [-0.2, -0.15) is 0 Å². The predicted octanol–water partition coefficient (Wildman–Crippen LogP) is 24.3. The van der Waals surface area contributed by atoms with E-state index in [1.54, 1.807) is 4.57 Å². The van der Waals surface area contributed by atoms with Crippen LogP contribution >= 0.6 is 0 Å². The fourth-order valence-corrected chi connectivity index (χ4v) is 15.9. The maximum absolute atomic E-state index is 9.83. The third kappa shape index (κ3) is 10.3. The fourth-order valence-electron chi connectivity index (χ4n) is 15.9. The van der Waals surface area contributed by atoms with Crippen molar-refractivity contribution in [3.8, 4) is 44.8 Å². The van der Waals surface area contributed by atoms with Crippen LogP contribution in [0.5, 0.6) is 0 Å². The maximum atomic E-state index is 9.83. The van der Waals surface area contributed by atoms with Crippen molar-refractivity contribution >= 4 is 118 Å². The van der Waals surface area contributed by atoms with E-state index in [-0.39, 0.29) is 56.8 Å². The van der Waals surface area contributed by atoms with Crippen molar-refractivity contribution in [3.05, 3.63) is 338 Å². The Hall–Kier alpha value is -11.9. The molecule has 2 aliphatic heterocycles. The number of rotatable bonds is 10. The van der Waals surface area contributed by atoms with Crippen LogP contribution in [0.2, 0.25) is 0 Å². The number of hydrogen-bond acceptors (Lipinski definition) is 3. The van der Waals surface area contributed by atoms with E-state index in [2.05, 4.69) is 349 Å². The van der Waals surface area contributed by atoms with Crippen LogP contribution in [0, 0.1) is 0 Å². The van der Waals surface area contributed by atoms with Gasteiger partial charge in [-0.1, -0.05) is 262 Å². The van der Waals surface area contributed by atoms with Crippen LogP contribution in [-0.2, 0) is 16.2 Å². The first-order valence-electron chi connectivity index (χ1n) is 39.4. The van der Waals surface area contributed by atoms with E-state index in [1.165, 1.54) is 5.56 Å². The van der Waals surface area contributed by atoms with Crippen LogP contribution in [0.25, 0.3) is 88.4 Å². The lowest BCUT2D eigenvalue weighted by atomic mass is 9.33. The number of hydrogen-bond donors (Lipinski definition) is 0. The maximum Gasteiger partial charge on any atom is 0.252 e. The van der Waals surface area contributed by atoms with Crippen molar-refractivity contribution in [3.63, 3.8) is 0 Å². The van der Waals surface area contributed by atoms with E-state index in [9.17, 15) is 8.22 Å². The van der Waals surface area contributed by atoms with Gasteiger partial charge in [-0.15, -0.1) is 0 Å². The second kappa shape index (κ2) is 23.9. The van der Waals surface area contributed by atoms with E-state index >= 15 is 0 Å². The molecule has 492 valence electrons. The summed E-state index contributed by atoms with van der Waals surface area (Å²) in [6, 6.07) is 95.1. The highest BCUT2D eigenvalue weighted by atomic mass is 15.2. The molecule has 0 unspecified atom stereocenters. The summed E-state index contributed by atoms with van der Waals surface area (Å²) in [6.07, 6.45) is 0. The first-order valence-corrected chi connectivity index (χ1v) is 35.4. The predicted molar refractivity (Wildman–Crippen MR) is 436 cm³/mol. The fraction of sp³-hybridized carbons (Fsp3) is 0.125. The molecule has 0 N–H and O–H groups in total. The van der Waals surface area contributed by atoms with Crippen molar-refractivity contribution in [1.29, 1.82) is 0 Å². The van der Waals surface area contributed by atoms with E-state index in [0.717, 1.165) is 140 Å². The summed E-state index contributed by atoms with van der Waals surface area (Å²) in [6.45, 7) is 20.0. The molecule has 102 heavy (non-hydrogen) atoms. The van der Waals surface area contributed by atoms with Crippen LogP contribution in [0.4, 0.5) is 51.2 Å². The molecule has 2 aliphatic rings. The van der Waals surface area contributed by atoms with Gasteiger partial charge in [-0.3, -0.25) is 0 Å². The molecule has 0 saturated carbocycles. The van der Waals surface area contributed by atoms with Gasteiger partial charge in [-0.05, 0) is 187 Å². The third-order valence-corrected chi connectivity index (χ3v) is 21.0. The van der Waals surface area contributed by atoms with Crippen molar-refractivity contribution < 1.29 is 11.0 Å². The molecule has 0 bridgehead atoms. The summed E-state index contributed by atoms with van der Waals surface area (Å²) >= 11 is 0. The average Bonchev–Trinajstić information content (AvgIpc) is 0.908.